The fourth-order valence-corrected chi connectivity index (χ4v) is 2.15. The van der Waals surface area contributed by atoms with E-state index in [2.05, 4.69) is 57.8 Å². The molecular weight excluding hydrogens is 208 g/mol. The molecule has 0 aliphatic rings. The lowest BCUT2D eigenvalue weighted by atomic mass is 9.99. The molecule has 2 heteroatoms. The van der Waals surface area contributed by atoms with Gasteiger partial charge in [0.05, 0.1) is 12.5 Å². The van der Waals surface area contributed by atoms with Gasteiger partial charge in [-0.25, -0.2) is 0 Å². The predicted molar refractivity (Wildman–Crippen MR) is 71.8 cm³/mol. The molecule has 0 aromatic heterocycles. The Hall–Kier alpha value is -1.33. The molecule has 1 aromatic rings. The van der Waals surface area contributed by atoms with Gasteiger partial charge in [-0.1, -0.05) is 17.7 Å². The van der Waals surface area contributed by atoms with Crippen LogP contribution in [0.25, 0.3) is 0 Å². The number of rotatable bonds is 4. The van der Waals surface area contributed by atoms with E-state index < -0.39 is 0 Å². The first-order chi connectivity index (χ1) is 7.95. The van der Waals surface area contributed by atoms with Crippen molar-refractivity contribution in [3.63, 3.8) is 0 Å². The van der Waals surface area contributed by atoms with Crippen LogP contribution >= 0.6 is 0 Å². The van der Waals surface area contributed by atoms with Crippen molar-refractivity contribution in [3.8, 4) is 6.07 Å². The summed E-state index contributed by atoms with van der Waals surface area (Å²) in [6, 6.07) is 6.99. The van der Waals surface area contributed by atoms with Gasteiger partial charge in [-0.2, -0.15) is 5.26 Å². The number of aryl methyl sites for hydroxylation is 3. The highest BCUT2D eigenvalue weighted by Gasteiger charge is 2.12. The fraction of sp³-hybridized carbons (Fsp3) is 0.533. The molecule has 0 radical (unpaired) electrons. The van der Waals surface area contributed by atoms with Crippen LogP contribution in [-0.4, -0.2) is 18.0 Å². The van der Waals surface area contributed by atoms with Crippen molar-refractivity contribution in [1.29, 1.82) is 5.26 Å². The van der Waals surface area contributed by atoms with Gasteiger partial charge in [-0.3, -0.25) is 4.90 Å². The van der Waals surface area contributed by atoms with Gasteiger partial charge in [0.15, 0.2) is 0 Å². The summed E-state index contributed by atoms with van der Waals surface area (Å²) in [4.78, 5) is 2.24. The summed E-state index contributed by atoms with van der Waals surface area (Å²) in [6.45, 7) is 9.48. The van der Waals surface area contributed by atoms with Crippen LogP contribution in [0.1, 0.15) is 35.6 Å². The van der Waals surface area contributed by atoms with Crippen molar-refractivity contribution < 1.29 is 0 Å². The molecule has 0 aliphatic heterocycles. The van der Waals surface area contributed by atoms with Gasteiger partial charge in [-0.15, -0.1) is 0 Å². The van der Waals surface area contributed by atoms with Crippen LogP contribution in [-0.2, 0) is 6.54 Å². The molecule has 0 amide bonds. The summed E-state index contributed by atoms with van der Waals surface area (Å²) >= 11 is 0. The highest BCUT2D eigenvalue weighted by molar-refractivity contribution is 5.37. The Labute approximate surface area is 105 Å². The van der Waals surface area contributed by atoms with E-state index in [1.54, 1.807) is 0 Å². The molecule has 2 nitrogen and oxygen atoms in total. The van der Waals surface area contributed by atoms with E-state index in [1.807, 2.05) is 0 Å². The fourth-order valence-electron chi connectivity index (χ4n) is 2.15. The summed E-state index contributed by atoms with van der Waals surface area (Å²) in [6.07, 6.45) is 0.584. The standard InChI is InChI=1S/C15H22N2/c1-11-8-12(2)15(13(3)9-11)10-17(5)14(4)6-7-16/h8-9,14H,6,10H2,1-5H3. The Kier molecular flexibility index (Phi) is 4.72. The lowest BCUT2D eigenvalue weighted by Gasteiger charge is -2.24. The second-order valence-electron chi connectivity index (χ2n) is 5.00. The Morgan fingerprint density at radius 2 is 1.76 bits per heavy atom. The molecule has 1 rings (SSSR count). The summed E-state index contributed by atoms with van der Waals surface area (Å²) in [7, 11) is 2.08. The van der Waals surface area contributed by atoms with Gasteiger partial charge in [0.25, 0.3) is 0 Å². The Morgan fingerprint density at radius 1 is 1.24 bits per heavy atom. The first kappa shape index (κ1) is 13.7. The van der Waals surface area contributed by atoms with E-state index in [9.17, 15) is 0 Å². The van der Waals surface area contributed by atoms with Gasteiger partial charge < -0.3 is 0 Å². The topological polar surface area (TPSA) is 27.0 Å². The molecule has 0 spiro atoms. The molecule has 0 saturated carbocycles. The average molecular weight is 230 g/mol. The van der Waals surface area contributed by atoms with Gasteiger partial charge in [0.2, 0.25) is 0 Å². The van der Waals surface area contributed by atoms with E-state index in [4.69, 9.17) is 5.26 Å². The van der Waals surface area contributed by atoms with Crippen LogP contribution in [0.15, 0.2) is 12.1 Å². The zero-order valence-electron chi connectivity index (χ0n) is 11.5. The Balaban J connectivity index is 2.85. The van der Waals surface area contributed by atoms with Crippen molar-refractivity contribution in [2.75, 3.05) is 7.05 Å². The molecule has 0 saturated heterocycles. The van der Waals surface area contributed by atoms with E-state index >= 15 is 0 Å². The Bertz CT molecular complexity index is 406. The number of nitriles is 1. The van der Waals surface area contributed by atoms with Crippen LogP contribution in [0.4, 0.5) is 0 Å². The second kappa shape index (κ2) is 5.84. The number of hydrogen-bond donors (Lipinski definition) is 0. The molecule has 1 aromatic carbocycles. The minimum atomic E-state index is 0.306. The van der Waals surface area contributed by atoms with Crippen molar-refractivity contribution in [3.05, 3.63) is 34.4 Å². The van der Waals surface area contributed by atoms with Crippen LogP contribution in [0.3, 0.4) is 0 Å². The van der Waals surface area contributed by atoms with Gasteiger partial charge in [0.1, 0.15) is 0 Å². The lowest BCUT2D eigenvalue weighted by Crippen LogP contribution is -2.28. The van der Waals surface area contributed by atoms with Crippen LogP contribution < -0.4 is 0 Å². The van der Waals surface area contributed by atoms with Crippen LogP contribution in [0, 0.1) is 32.1 Å². The third-order valence-corrected chi connectivity index (χ3v) is 3.39. The molecule has 0 bridgehead atoms. The molecule has 0 aliphatic carbocycles. The third-order valence-electron chi connectivity index (χ3n) is 3.39. The monoisotopic (exact) mass is 230 g/mol. The zero-order valence-corrected chi connectivity index (χ0v) is 11.5. The maximum atomic E-state index is 8.72. The summed E-state index contributed by atoms with van der Waals surface area (Å²) < 4.78 is 0. The number of hydrogen-bond acceptors (Lipinski definition) is 2. The maximum Gasteiger partial charge on any atom is 0.0638 e. The third kappa shape index (κ3) is 3.57. The SMILES string of the molecule is Cc1cc(C)c(CN(C)C(C)CC#N)c(C)c1. The largest absolute Gasteiger partial charge is 0.298 e. The van der Waals surface area contributed by atoms with Gasteiger partial charge >= 0.3 is 0 Å². The predicted octanol–water partition coefficient (Wildman–Crippen LogP) is 3.35. The minimum Gasteiger partial charge on any atom is -0.298 e. The average Bonchev–Trinajstić information content (AvgIpc) is 2.23. The van der Waals surface area contributed by atoms with Crippen molar-refractivity contribution in [1.82, 2.24) is 4.90 Å². The molecule has 0 fully saturated rings. The van der Waals surface area contributed by atoms with Crippen LogP contribution in [0.2, 0.25) is 0 Å². The zero-order chi connectivity index (χ0) is 13.0. The summed E-state index contributed by atoms with van der Waals surface area (Å²) in [5.74, 6) is 0. The van der Waals surface area contributed by atoms with Crippen LogP contribution in [0.5, 0.6) is 0 Å². The van der Waals surface area contributed by atoms with Gasteiger partial charge in [-0.05, 0) is 51.4 Å². The van der Waals surface area contributed by atoms with Gasteiger partial charge in [0, 0.05) is 12.6 Å². The first-order valence-electron chi connectivity index (χ1n) is 6.09. The minimum absolute atomic E-state index is 0.306. The van der Waals surface area contributed by atoms with E-state index in [-0.39, 0.29) is 0 Å². The summed E-state index contributed by atoms with van der Waals surface area (Å²) in [5, 5.41) is 8.72. The maximum absolute atomic E-state index is 8.72. The molecule has 1 atom stereocenters. The summed E-state index contributed by atoms with van der Waals surface area (Å²) in [5.41, 5.74) is 5.40. The quantitative estimate of drug-likeness (QED) is 0.793. The van der Waals surface area contributed by atoms with E-state index in [0.29, 0.717) is 12.5 Å². The van der Waals surface area contributed by atoms with Crippen molar-refractivity contribution in [2.45, 2.75) is 46.7 Å². The smallest absolute Gasteiger partial charge is 0.0638 e. The lowest BCUT2D eigenvalue weighted by molar-refractivity contribution is 0.251. The van der Waals surface area contributed by atoms with E-state index in [0.717, 1.165) is 6.54 Å². The molecule has 92 valence electrons. The molecular formula is C15H22N2. The highest BCUT2D eigenvalue weighted by Crippen LogP contribution is 2.19. The molecule has 0 N–H and O–H groups in total. The number of benzene rings is 1. The number of nitrogens with zero attached hydrogens (tertiary/aromatic N) is 2. The molecule has 17 heavy (non-hydrogen) atoms. The second-order valence-corrected chi connectivity index (χ2v) is 5.00. The van der Waals surface area contributed by atoms with E-state index in [1.165, 1.54) is 22.3 Å². The Morgan fingerprint density at radius 3 is 2.24 bits per heavy atom. The first-order valence-corrected chi connectivity index (χ1v) is 6.09. The van der Waals surface area contributed by atoms with Crippen molar-refractivity contribution >= 4 is 0 Å². The highest BCUT2D eigenvalue weighted by atomic mass is 15.1. The molecule has 1 unspecified atom stereocenters. The normalized spacial score (nSPS) is 12.5. The van der Waals surface area contributed by atoms with Crippen molar-refractivity contribution in [2.24, 2.45) is 0 Å². The molecule has 0 heterocycles.